The number of amides is 2. The van der Waals surface area contributed by atoms with Crippen LogP contribution in [0.4, 0.5) is 4.79 Å². The van der Waals surface area contributed by atoms with E-state index in [4.69, 9.17) is 14.8 Å². The number of nitrogens with zero attached hydrogens (tertiary/aromatic N) is 4. The van der Waals surface area contributed by atoms with Crippen molar-refractivity contribution in [2.24, 2.45) is 0 Å². The largest absolute Gasteiger partial charge is 0.450 e. The van der Waals surface area contributed by atoms with Gasteiger partial charge in [-0.25, -0.2) is 14.5 Å². The van der Waals surface area contributed by atoms with Crippen LogP contribution in [0.1, 0.15) is 81.0 Å². The lowest BCUT2D eigenvalue weighted by atomic mass is 10.0. The molecule has 1 saturated heterocycles. The molecule has 0 radical (unpaired) electrons. The third-order valence-electron chi connectivity index (χ3n) is 6.06. The lowest BCUT2D eigenvalue weighted by Crippen LogP contribution is -2.46. The molecule has 1 aliphatic carbocycles. The van der Waals surface area contributed by atoms with E-state index in [1.807, 2.05) is 17.7 Å². The molecule has 0 atom stereocenters. The summed E-state index contributed by atoms with van der Waals surface area (Å²) in [6.07, 6.45) is 3.40. The zero-order valence-electron chi connectivity index (χ0n) is 19.2. The van der Waals surface area contributed by atoms with Crippen LogP contribution in [0.25, 0.3) is 11.0 Å². The highest BCUT2D eigenvalue weighted by atomic mass is 16.6. The molecule has 0 bridgehead atoms. The molecule has 0 spiro atoms. The van der Waals surface area contributed by atoms with Crippen molar-refractivity contribution in [3.63, 3.8) is 0 Å². The number of carbonyl (C=O) groups excluding carboxylic acids is 2. The predicted molar refractivity (Wildman–Crippen MR) is 118 cm³/mol. The summed E-state index contributed by atoms with van der Waals surface area (Å²) in [5, 5.41) is 8.77. The van der Waals surface area contributed by atoms with Crippen LogP contribution < -0.4 is 5.32 Å². The van der Waals surface area contributed by atoms with E-state index in [9.17, 15) is 9.59 Å². The first kappa shape index (κ1) is 21.6. The molecule has 2 aromatic heterocycles. The Morgan fingerprint density at radius 2 is 1.87 bits per heavy atom. The van der Waals surface area contributed by atoms with Gasteiger partial charge in [0.25, 0.3) is 5.91 Å². The van der Waals surface area contributed by atoms with Crippen LogP contribution >= 0.6 is 0 Å². The molecule has 8 heteroatoms. The van der Waals surface area contributed by atoms with Crippen molar-refractivity contribution in [2.75, 3.05) is 19.7 Å². The fraction of sp³-hybridized carbons (Fsp3) is 0.652. The minimum absolute atomic E-state index is 0.0312. The molecule has 0 unspecified atom stereocenters. The second-order valence-electron chi connectivity index (χ2n) is 9.67. The van der Waals surface area contributed by atoms with E-state index in [1.54, 1.807) is 11.8 Å². The number of carbonyl (C=O) groups is 2. The van der Waals surface area contributed by atoms with Gasteiger partial charge in [0.15, 0.2) is 5.65 Å². The molecule has 1 aliphatic heterocycles. The molecule has 0 aromatic carbocycles. The number of hydrogen-bond donors (Lipinski definition) is 1. The van der Waals surface area contributed by atoms with Gasteiger partial charge in [-0.1, -0.05) is 0 Å². The van der Waals surface area contributed by atoms with E-state index >= 15 is 0 Å². The fourth-order valence-electron chi connectivity index (χ4n) is 4.23. The molecule has 8 nitrogen and oxygen atoms in total. The Bertz CT molecular complexity index is 995. The molecule has 168 valence electrons. The summed E-state index contributed by atoms with van der Waals surface area (Å²) in [5.74, 6) is 0.354. The summed E-state index contributed by atoms with van der Waals surface area (Å²) in [6.45, 7) is 11.6. The van der Waals surface area contributed by atoms with Crippen molar-refractivity contribution in [3.05, 3.63) is 23.0 Å². The quantitative estimate of drug-likeness (QED) is 0.803. The van der Waals surface area contributed by atoms with Gasteiger partial charge in [0.2, 0.25) is 0 Å². The molecular formula is C23H33N5O3. The standard InChI is InChI=1S/C23H33N5O3/c1-6-31-22(30)27-11-9-16(10-12-27)24-21(29)17-13-18(15-7-8-15)25-20-19(17)14(2)26-28(20)23(3,4)5/h13,15-16H,6-12H2,1-5H3,(H,24,29). The molecule has 2 amide bonds. The Kier molecular flexibility index (Phi) is 5.66. The highest BCUT2D eigenvalue weighted by Crippen LogP contribution is 2.41. The van der Waals surface area contributed by atoms with Crippen molar-refractivity contribution in [1.29, 1.82) is 0 Å². The molecule has 3 heterocycles. The molecule has 2 aliphatic rings. The monoisotopic (exact) mass is 427 g/mol. The van der Waals surface area contributed by atoms with E-state index in [2.05, 4.69) is 26.1 Å². The van der Waals surface area contributed by atoms with Crippen LogP contribution in [0.3, 0.4) is 0 Å². The van der Waals surface area contributed by atoms with Crippen molar-refractivity contribution < 1.29 is 14.3 Å². The molecule has 1 N–H and O–H groups in total. The first-order chi connectivity index (χ1) is 14.7. The number of fused-ring (bicyclic) bond motifs is 1. The molecular weight excluding hydrogens is 394 g/mol. The second-order valence-corrected chi connectivity index (χ2v) is 9.67. The predicted octanol–water partition coefficient (Wildman–Crippen LogP) is 3.72. The number of rotatable bonds is 4. The molecule has 31 heavy (non-hydrogen) atoms. The number of likely N-dealkylation sites (tertiary alicyclic amines) is 1. The third-order valence-corrected chi connectivity index (χ3v) is 6.06. The second kappa shape index (κ2) is 8.13. The van der Waals surface area contributed by atoms with E-state index < -0.39 is 0 Å². The van der Waals surface area contributed by atoms with Gasteiger partial charge in [0.1, 0.15) is 0 Å². The number of hydrogen-bond acceptors (Lipinski definition) is 5. The number of aryl methyl sites for hydroxylation is 1. The van der Waals surface area contributed by atoms with Gasteiger partial charge in [-0.2, -0.15) is 5.10 Å². The highest BCUT2D eigenvalue weighted by molar-refractivity contribution is 6.06. The Balaban J connectivity index is 1.58. The van der Waals surface area contributed by atoms with E-state index in [0.717, 1.165) is 35.3 Å². The van der Waals surface area contributed by atoms with Crippen molar-refractivity contribution in [3.8, 4) is 0 Å². The van der Waals surface area contributed by atoms with Crippen molar-refractivity contribution in [1.82, 2.24) is 25.0 Å². The van der Waals surface area contributed by atoms with Gasteiger partial charge < -0.3 is 15.0 Å². The SMILES string of the molecule is CCOC(=O)N1CCC(NC(=O)c2cc(C3CC3)nc3c2c(C)nn3C(C)(C)C)CC1. The van der Waals surface area contributed by atoms with Crippen LogP contribution in [-0.2, 0) is 10.3 Å². The Hall–Kier alpha value is -2.64. The summed E-state index contributed by atoms with van der Waals surface area (Å²) in [5.41, 5.74) is 3.03. The smallest absolute Gasteiger partial charge is 0.409 e. The van der Waals surface area contributed by atoms with Gasteiger partial charge in [-0.3, -0.25) is 4.79 Å². The Labute approximate surface area is 183 Å². The minimum atomic E-state index is -0.276. The van der Waals surface area contributed by atoms with E-state index in [-0.39, 0.29) is 23.6 Å². The zero-order valence-corrected chi connectivity index (χ0v) is 19.2. The summed E-state index contributed by atoms with van der Waals surface area (Å²) >= 11 is 0. The highest BCUT2D eigenvalue weighted by Gasteiger charge is 2.31. The first-order valence-electron chi connectivity index (χ1n) is 11.3. The van der Waals surface area contributed by atoms with Gasteiger partial charge in [0.05, 0.1) is 28.8 Å². The maximum atomic E-state index is 13.4. The van der Waals surface area contributed by atoms with Crippen LogP contribution in [0, 0.1) is 6.92 Å². The fourth-order valence-corrected chi connectivity index (χ4v) is 4.23. The lowest BCUT2D eigenvalue weighted by Gasteiger charge is -2.31. The zero-order chi connectivity index (χ0) is 22.3. The third kappa shape index (κ3) is 4.38. The summed E-state index contributed by atoms with van der Waals surface area (Å²) < 4.78 is 7.03. The number of pyridine rings is 1. The summed E-state index contributed by atoms with van der Waals surface area (Å²) in [6, 6.07) is 1.99. The maximum Gasteiger partial charge on any atom is 0.409 e. The number of aromatic nitrogens is 3. The van der Waals surface area contributed by atoms with Crippen LogP contribution in [0.2, 0.25) is 0 Å². The van der Waals surface area contributed by atoms with Gasteiger partial charge in [-0.15, -0.1) is 0 Å². The first-order valence-corrected chi connectivity index (χ1v) is 11.3. The van der Waals surface area contributed by atoms with Gasteiger partial charge >= 0.3 is 6.09 Å². The van der Waals surface area contributed by atoms with Crippen LogP contribution in [0.5, 0.6) is 0 Å². The minimum Gasteiger partial charge on any atom is -0.450 e. The van der Waals surface area contributed by atoms with E-state index in [0.29, 0.717) is 44.0 Å². The maximum absolute atomic E-state index is 13.4. The van der Waals surface area contributed by atoms with E-state index in [1.165, 1.54) is 0 Å². The number of piperidine rings is 1. The van der Waals surface area contributed by atoms with Crippen molar-refractivity contribution in [2.45, 2.75) is 77.8 Å². The van der Waals surface area contributed by atoms with Crippen molar-refractivity contribution >= 4 is 23.0 Å². The number of ether oxygens (including phenoxy) is 1. The molecule has 2 aromatic rings. The molecule has 1 saturated carbocycles. The Morgan fingerprint density at radius 3 is 2.45 bits per heavy atom. The average molecular weight is 428 g/mol. The van der Waals surface area contributed by atoms with Gasteiger partial charge in [-0.05, 0) is 66.4 Å². The number of nitrogens with one attached hydrogen (secondary N) is 1. The average Bonchev–Trinajstić information content (AvgIpc) is 3.51. The summed E-state index contributed by atoms with van der Waals surface area (Å²) in [7, 11) is 0. The normalized spacial score (nSPS) is 17.8. The summed E-state index contributed by atoms with van der Waals surface area (Å²) in [4.78, 5) is 31.9. The van der Waals surface area contributed by atoms with Gasteiger partial charge in [0, 0.05) is 30.7 Å². The topological polar surface area (TPSA) is 89.3 Å². The molecule has 4 rings (SSSR count). The van der Waals surface area contributed by atoms with Crippen LogP contribution in [-0.4, -0.2) is 57.4 Å². The molecule has 2 fully saturated rings. The van der Waals surface area contributed by atoms with Crippen LogP contribution in [0.15, 0.2) is 6.07 Å². The lowest BCUT2D eigenvalue weighted by molar-refractivity contribution is 0.0861. The Morgan fingerprint density at radius 1 is 1.19 bits per heavy atom.